The number of anilines is 8. The van der Waals surface area contributed by atoms with Crippen molar-refractivity contribution < 1.29 is 27.8 Å². The predicted octanol–water partition coefficient (Wildman–Crippen LogP) is 13.1. The van der Waals surface area contributed by atoms with Crippen molar-refractivity contribution in [2.24, 2.45) is 0 Å². The SMILES string of the molecule is C=CC(=O)Nc1cc(Nc2nccc(-c3cn(C4CC4)c4cc(C)c(SC)c(C)c34)n2)c(OC)cc1N(C)CCN(C)C.C=CC(=O)Nc1cc(Nc2nccc(-c3cn(C4CC4)c4cc(F)c(C5CC5)c(F)c34)n2)c(OC)cc1N(C)CCN(C)C. The minimum absolute atomic E-state index is 0.0766. The van der Waals surface area contributed by atoms with E-state index in [0.717, 1.165) is 67.9 Å². The second kappa shape index (κ2) is 26.2. The first-order valence-corrected chi connectivity index (χ1v) is 30.5. The van der Waals surface area contributed by atoms with E-state index >= 15 is 8.78 Å². The van der Waals surface area contributed by atoms with Gasteiger partial charge in [0.25, 0.3) is 0 Å². The first-order valence-electron chi connectivity index (χ1n) is 29.3. The van der Waals surface area contributed by atoms with Gasteiger partial charge < -0.3 is 59.5 Å². The van der Waals surface area contributed by atoms with E-state index in [1.165, 1.54) is 58.0 Å². The molecular weight excluding hydrogens is 1120 g/mol. The van der Waals surface area contributed by atoms with Crippen LogP contribution < -0.4 is 40.5 Å². The highest BCUT2D eigenvalue weighted by Crippen LogP contribution is 2.49. The van der Waals surface area contributed by atoms with E-state index in [1.807, 2.05) is 82.2 Å². The van der Waals surface area contributed by atoms with Crippen LogP contribution >= 0.6 is 11.8 Å². The Morgan fingerprint density at radius 1 is 0.655 bits per heavy atom. The molecule has 3 aliphatic carbocycles. The molecule has 0 unspecified atom stereocenters. The first-order chi connectivity index (χ1) is 41.8. The molecule has 3 aliphatic rings. The summed E-state index contributed by atoms with van der Waals surface area (Å²) < 4.78 is 47.0. The van der Waals surface area contributed by atoms with Crippen molar-refractivity contribution in [1.82, 2.24) is 38.9 Å². The van der Waals surface area contributed by atoms with Gasteiger partial charge in [0.15, 0.2) is 0 Å². The summed E-state index contributed by atoms with van der Waals surface area (Å²) in [5.41, 5.74) is 11.6. The average molecular weight is 1200 g/mol. The van der Waals surface area contributed by atoms with E-state index in [1.54, 1.807) is 50.5 Å². The number of hydrogen-bond acceptors (Lipinski definition) is 15. The summed E-state index contributed by atoms with van der Waals surface area (Å²) in [5, 5.41) is 14.0. The summed E-state index contributed by atoms with van der Waals surface area (Å²) in [4.78, 5) is 53.0. The summed E-state index contributed by atoms with van der Waals surface area (Å²) in [7, 11) is 15.2. The van der Waals surface area contributed by atoms with Crippen LogP contribution in [0.3, 0.4) is 0 Å². The van der Waals surface area contributed by atoms with Crippen LogP contribution in [-0.4, -0.2) is 140 Å². The minimum Gasteiger partial charge on any atom is -0.494 e. The molecule has 4 aromatic carbocycles. The Balaban J connectivity index is 0.000000193. The number of ether oxygens (including phenoxy) is 2. The maximum absolute atomic E-state index is 16.0. The molecule has 2 amide bonds. The number of nitrogens with zero attached hydrogens (tertiary/aromatic N) is 10. The predicted molar refractivity (Wildman–Crippen MR) is 349 cm³/mol. The van der Waals surface area contributed by atoms with Gasteiger partial charge in [0.2, 0.25) is 23.7 Å². The number of fused-ring (bicyclic) bond motifs is 2. The maximum atomic E-state index is 16.0. The number of hydrogen-bond donors (Lipinski definition) is 4. The number of halogens is 2. The zero-order valence-electron chi connectivity index (χ0n) is 51.6. The third-order valence-corrected chi connectivity index (χ3v) is 17.1. The van der Waals surface area contributed by atoms with Crippen LogP contribution in [-0.2, 0) is 9.59 Å². The Bertz CT molecular complexity index is 3930. The number of aromatic nitrogens is 6. The summed E-state index contributed by atoms with van der Waals surface area (Å²) in [6.07, 6.45) is 18.1. The van der Waals surface area contributed by atoms with Crippen LogP contribution in [0.2, 0.25) is 0 Å². The van der Waals surface area contributed by atoms with Gasteiger partial charge in [0.1, 0.15) is 23.1 Å². The largest absolute Gasteiger partial charge is 0.494 e. The van der Waals surface area contributed by atoms with Crippen LogP contribution in [0.15, 0.2) is 104 Å². The van der Waals surface area contributed by atoms with E-state index in [2.05, 4.69) is 96.0 Å². The monoisotopic (exact) mass is 1200 g/mol. The number of carbonyl (C=O) groups is 2. The molecule has 0 bridgehead atoms. The summed E-state index contributed by atoms with van der Waals surface area (Å²) in [6, 6.07) is 15.6. The number of amides is 2. The smallest absolute Gasteiger partial charge is 0.247 e. The van der Waals surface area contributed by atoms with Crippen molar-refractivity contribution in [1.29, 1.82) is 0 Å². The van der Waals surface area contributed by atoms with Gasteiger partial charge in [-0.15, -0.1) is 11.8 Å². The van der Waals surface area contributed by atoms with Gasteiger partial charge in [0, 0.05) is 127 Å². The zero-order valence-corrected chi connectivity index (χ0v) is 52.4. The van der Waals surface area contributed by atoms with Crippen LogP contribution in [0, 0.1) is 25.5 Å². The lowest BCUT2D eigenvalue weighted by Crippen LogP contribution is -2.29. The molecule has 4 heterocycles. The van der Waals surface area contributed by atoms with Crippen LogP contribution in [0.1, 0.15) is 73.2 Å². The molecule has 87 heavy (non-hydrogen) atoms. The van der Waals surface area contributed by atoms with Gasteiger partial charge in [-0.1, -0.05) is 13.2 Å². The zero-order chi connectivity index (χ0) is 62.0. The van der Waals surface area contributed by atoms with E-state index < -0.39 is 11.6 Å². The topological polar surface area (TPSA) is 175 Å². The van der Waals surface area contributed by atoms with Gasteiger partial charge in [-0.2, -0.15) is 0 Å². The lowest BCUT2D eigenvalue weighted by atomic mass is 10.0. The third kappa shape index (κ3) is 13.5. The lowest BCUT2D eigenvalue weighted by molar-refractivity contribution is -0.112. The highest BCUT2D eigenvalue weighted by atomic mass is 32.2. The fourth-order valence-electron chi connectivity index (χ4n) is 11.1. The molecule has 0 saturated heterocycles. The van der Waals surface area contributed by atoms with E-state index in [0.29, 0.717) is 74.9 Å². The standard InChI is InChI=1S/C33H37F2N7O2.C33H41N7O2S/c1-6-29(43)37-24-16-25(28(44-5)17-26(24)41(4)14-13-40(2)3)39-33-36-12-11-23(38-33)21-18-42(20-9-10-20)27-15-22(34)30(19-7-8-19)32(35)31(21)27;1-9-30(41)35-25-17-26(29(42-7)18-27(25)39(6)15-14-38(4)5)37-33-34-13-12-24(36-33)23-19-40(22-10-11-22)28-16-20(2)32(43-8)21(3)31(23)28/h6,11-12,15-20H,1,7-10,13-14H2,2-5H3,(H,37,43)(H,36,38,39);9,12-13,16-19,22H,1,10-11,14-15H2,2-8H3,(H,35,41)(H,34,36,37). The second-order valence-corrected chi connectivity index (χ2v) is 23.9. The molecule has 4 aromatic heterocycles. The molecule has 11 rings (SSSR count). The molecule has 0 aliphatic heterocycles. The molecule has 3 fully saturated rings. The number of rotatable bonds is 24. The molecule has 3 saturated carbocycles. The molecule has 0 spiro atoms. The number of likely N-dealkylation sites (N-methyl/N-ethyl adjacent to an activating group) is 4. The van der Waals surface area contributed by atoms with Gasteiger partial charge in [-0.3, -0.25) is 9.59 Å². The second-order valence-electron chi connectivity index (χ2n) is 23.1. The van der Waals surface area contributed by atoms with E-state index in [9.17, 15) is 9.59 Å². The Kier molecular flexibility index (Phi) is 18.5. The number of thioether (sulfide) groups is 1. The van der Waals surface area contributed by atoms with E-state index in [4.69, 9.17) is 19.4 Å². The van der Waals surface area contributed by atoms with Crippen LogP contribution in [0.4, 0.5) is 54.8 Å². The van der Waals surface area contributed by atoms with Gasteiger partial charge in [-0.05, 0) is 152 Å². The Hall–Kier alpha value is -8.53. The van der Waals surface area contributed by atoms with Crippen molar-refractivity contribution in [3.8, 4) is 34.0 Å². The Morgan fingerprint density at radius 2 is 1.11 bits per heavy atom. The summed E-state index contributed by atoms with van der Waals surface area (Å²) >= 11 is 1.79. The molecule has 456 valence electrons. The molecule has 0 radical (unpaired) electrons. The summed E-state index contributed by atoms with van der Waals surface area (Å²) in [5.74, 6) is 0.130. The fraction of sp³-hybridized carbons (Fsp3) is 0.364. The van der Waals surface area contributed by atoms with Crippen molar-refractivity contribution in [3.05, 3.63) is 127 Å². The normalized spacial score (nSPS) is 13.8. The van der Waals surface area contributed by atoms with Gasteiger partial charge in [-0.25, -0.2) is 28.7 Å². The maximum Gasteiger partial charge on any atom is 0.247 e. The third-order valence-electron chi connectivity index (χ3n) is 16.1. The van der Waals surface area contributed by atoms with Gasteiger partial charge >= 0.3 is 0 Å². The Morgan fingerprint density at radius 3 is 1.53 bits per heavy atom. The highest BCUT2D eigenvalue weighted by molar-refractivity contribution is 7.98. The molecule has 4 N–H and O–H groups in total. The van der Waals surface area contributed by atoms with Crippen LogP contribution in [0.25, 0.3) is 44.3 Å². The minimum atomic E-state index is -0.497. The first kappa shape index (κ1) is 61.6. The lowest BCUT2D eigenvalue weighted by Gasteiger charge is -2.26. The van der Waals surface area contributed by atoms with Crippen LogP contribution in [0.5, 0.6) is 11.5 Å². The molecule has 0 atom stereocenters. The van der Waals surface area contributed by atoms with Crippen molar-refractivity contribution >= 4 is 91.4 Å². The number of aryl methyl sites for hydroxylation is 2. The van der Waals surface area contributed by atoms with Crippen molar-refractivity contribution in [2.75, 3.05) is 120 Å². The molecule has 18 nitrogen and oxygen atoms in total. The number of methoxy groups -OCH3 is 2. The quantitative estimate of drug-likeness (QED) is 0.0332. The number of benzene rings is 4. The molecular formula is C66H78F2N14O4S. The number of nitrogens with one attached hydrogen (secondary N) is 4. The molecule has 21 heteroatoms. The van der Waals surface area contributed by atoms with E-state index in [-0.39, 0.29) is 35.3 Å². The Labute approximate surface area is 512 Å². The van der Waals surface area contributed by atoms with Gasteiger partial charge in [0.05, 0.1) is 65.2 Å². The average Bonchev–Trinajstić information content (AvgIpc) is 1.62. The highest BCUT2D eigenvalue weighted by Gasteiger charge is 2.35. The fourth-order valence-corrected chi connectivity index (χ4v) is 11.9. The summed E-state index contributed by atoms with van der Waals surface area (Å²) in [6.45, 7) is 14.7. The molecule has 8 aromatic rings. The number of carbonyl (C=O) groups excluding carboxylic acids is 2. The van der Waals surface area contributed by atoms with Crippen molar-refractivity contribution in [3.63, 3.8) is 0 Å². The van der Waals surface area contributed by atoms with Crippen molar-refractivity contribution in [2.45, 2.75) is 75.3 Å².